The van der Waals surface area contributed by atoms with Crippen molar-refractivity contribution in [1.29, 1.82) is 0 Å². The first-order chi connectivity index (χ1) is 12.7. The van der Waals surface area contributed by atoms with Crippen molar-refractivity contribution in [2.75, 3.05) is 26.7 Å². The minimum Gasteiger partial charge on any atom is -0.356 e. The molecule has 2 aromatic rings. The molecule has 0 unspecified atom stereocenters. The number of carbonyl (C=O) groups excluding carboxylic acids is 1. The highest BCUT2D eigenvalue weighted by molar-refractivity contribution is 7.12. The van der Waals surface area contributed by atoms with E-state index in [1.165, 1.54) is 29.7 Å². The van der Waals surface area contributed by atoms with Gasteiger partial charge in [0.25, 0.3) is 5.91 Å². The second kappa shape index (κ2) is 8.85. The zero-order valence-corrected chi connectivity index (χ0v) is 15.9. The molecule has 1 saturated carbocycles. The average molecular weight is 371 g/mol. The van der Waals surface area contributed by atoms with Gasteiger partial charge >= 0.3 is 0 Å². The SMILES string of the molecule is CN=C(NCCCNC(=O)c1cccs1)NCC1(c2ccccc2)CC1. The van der Waals surface area contributed by atoms with Crippen LogP contribution >= 0.6 is 11.3 Å². The van der Waals surface area contributed by atoms with Gasteiger partial charge in [0.1, 0.15) is 0 Å². The van der Waals surface area contributed by atoms with Crippen LogP contribution in [-0.2, 0) is 5.41 Å². The second-order valence-electron chi connectivity index (χ2n) is 6.59. The number of aliphatic imine (C=N–C) groups is 1. The summed E-state index contributed by atoms with van der Waals surface area (Å²) in [5.74, 6) is 0.817. The molecule has 5 nitrogen and oxygen atoms in total. The fraction of sp³-hybridized carbons (Fsp3) is 0.400. The molecule has 1 aromatic carbocycles. The molecule has 0 aliphatic heterocycles. The van der Waals surface area contributed by atoms with Crippen molar-refractivity contribution in [2.24, 2.45) is 4.99 Å². The molecule has 26 heavy (non-hydrogen) atoms. The molecule has 0 saturated heterocycles. The Morgan fingerprint density at radius 1 is 1.08 bits per heavy atom. The molecule has 1 aliphatic rings. The summed E-state index contributed by atoms with van der Waals surface area (Å²) in [6, 6.07) is 14.4. The van der Waals surface area contributed by atoms with E-state index in [0.717, 1.165) is 30.3 Å². The molecular weight excluding hydrogens is 344 g/mol. The van der Waals surface area contributed by atoms with Crippen molar-refractivity contribution >= 4 is 23.2 Å². The van der Waals surface area contributed by atoms with Gasteiger partial charge < -0.3 is 16.0 Å². The van der Waals surface area contributed by atoms with Crippen LogP contribution < -0.4 is 16.0 Å². The van der Waals surface area contributed by atoms with Crippen LogP contribution in [0.5, 0.6) is 0 Å². The Morgan fingerprint density at radius 2 is 1.85 bits per heavy atom. The second-order valence-corrected chi connectivity index (χ2v) is 7.53. The Bertz CT molecular complexity index is 724. The predicted molar refractivity (Wildman–Crippen MR) is 108 cm³/mol. The van der Waals surface area contributed by atoms with Gasteiger partial charge in [-0.05, 0) is 36.3 Å². The van der Waals surface area contributed by atoms with Gasteiger partial charge in [0, 0.05) is 32.1 Å². The van der Waals surface area contributed by atoms with Crippen LogP contribution in [0.4, 0.5) is 0 Å². The predicted octanol–water partition coefficient (Wildman–Crippen LogP) is 2.76. The normalized spacial score (nSPS) is 15.3. The van der Waals surface area contributed by atoms with Crippen LogP contribution in [0, 0.1) is 0 Å². The molecule has 3 N–H and O–H groups in total. The lowest BCUT2D eigenvalue weighted by atomic mass is 9.96. The van der Waals surface area contributed by atoms with E-state index < -0.39 is 0 Å². The summed E-state index contributed by atoms with van der Waals surface area (Å²) >= 11 is 1.46. The van der Waals surface area contributed by atoms with Crippen LogP contribution in [0.25, 0.3) is 0 Å². The van der Waals surface area contributed by atoms with Gasteiger partial charge in [0.2, 0.25) is 0 Å². The van der Waals surface area contributed by atoms with Crippen LogP contribution in [0.1, 0.15) is 34.5 Å². The van der Waals surface area contributed by atoms with Gasteiger partial charge in [0.15, 0.2) is 5.96 Å². The zero-order chi connectivity index (χ0) is 18.2. The quantitative estimate of drug-likeness (QED) is 0.380. The lowest BCUT2D eigenvalue weighted by Crippen LogP contribution is -2.42. The highest BCUT2D eigenvalue weighted by atomic mass is 32.1. The van der Waals surface area contributed by atoms with E-state index in [-0.39, 0.29) is 11.3 Å². The van der Waals surface area contributed by atoms with E-state index in [4.69, 9.17) is 0 Å². The van der Waals surface area contributed by atoms with E-state index in [9.17, 15) is 4.79 Å². The number of carbonyl (C=O) groups is 1. The largest absolute Gasteiger partial charge is 0.356 e. The number of guanidine groups is 1. The monoisotopic (exact) mass is 370 g/mol. The standard InChI is InChI=1S/C20H26N4OS/c1-21-19(23-13-6-12-22-18(25)17-9-5-14-26-17)24-15-20(10-11-20)16-7-3-2-4-8-16/h2-5,7-9,14H,6,10-13,15H2,1H3,(H,22,25)(H2,21,23,24). The first kappa shape index (κ1) is 18.5. The van der Waals surface area contributed by atoms with Crippen molar-refractivity contribution in [3.63, 3.8) is 0 Å². The molecule has 1 aliphatic carbocycles. The van der Waals surface area contributed by atoms with E-state index in [1.54, 1.807) is 7.05 Å². The number of hydrogen-bond acceptors (Lipinski definition) is 3. The fourth-order valence-electron chi connectivity index (χ4n) is 2.98. The zero-order valence-electron chi connectivity index (χ0n) is 15.1. The average Bonchev–Trinajstić information content (AvgIpc) is 3.27. The smallest absolute Gasteiger partial charge is 0.261 e. The van der Waals surface area contributed by atoms with Crippen molar-refractivity contribution in [3.05, 3.63) is 58.3 Å². The Labute approximate surface area is 158 Å². The molecular formula is C20H26N4OS. The molecule has 138 valence electrons. The maximum absolute atomic E-state index is 11.9. The minimum atomic E-state index is 0.000966. The van der Waals surface area contributed by atoms with Crippen molar-refractivity contribution in [3.8, 4) is 0 Å². The number of rotatable bonds is 8. The third kappa shape index (κ3) is 4.85. The lowest BCUT2D eigenvalue weighted by Gasteiger charge is -2.19. The first-order valence-corrected chi connectivity index (χ1v) is 9.93. The van der Waals surface area contributed by atoms with Crippen molar-refractivity contribution in [2.45, 2.75) is 24.7 Å². The van der Waals surface area contributed by atoms with Gasteiger partial charge in [-0.2, -0.15) is 0 Å². The molecule has 1 aromatic heterocycles. The molecule has 0 radical (unpaired) electrons. The number of hydrogen-bond donors (Lipinski definition) is 3. The Morgan fingerprint density at radius 3 is 2.50 bits per heavy atom. The third-order valence-electron chi connectivity index (χ3n) is 4.73. The Balaban J connectivity index is 1.34. The maximum atomic E-state index is 11.9. The minimum absolute atomic E-state index is 0.000966. The van der Waals surface area contributed by atoms with Crippen LogP contribution in [-0.4, -0.2) is 38.5 Å². The summed E-state index contributed by atoms with van der Waals surface area (Å²) in [4.78, 5) is 16.9. The van der Waals surface area contributed by atoms with Crippen LogP contribution in [0.15, 0.2) is 52.8 Å². The van der Waals surface area contributed by atoms with E-state index in [1.807, 2.05) is 17.5 Å². The molecule has 1 heterocycles. The highest BCUT2D eigenvalue weighted by Crippen LogP contribution is 2.47. The van der Waals surface area contributed by atoms with E-state index in [0.29, 0.717) is 6.54 Å². The number of thiophene rings is 1. The molecule has 3 rings (SSSR count). The maximum Gasteiger partial charge on any atom is 0.261 e. The molecule has 0 bridgehead atoms. The van der Waals surface area contributed by atoms with Gasteiger partial charge in [-0.1, -0.05) is 36.4 Å². The van der Waals surface area contributed by atoms with Crippen LogP contribution in [0.2, 0.25) is 0 Å². The van der Waals surface area contributed by atoms with Gasteiger partial charge in [-0.25, -0.2) is 0 Å². The van der Waals surface area contributed by atoms with Crippen molar-refractivity contribution < 1.29 is 4.79 Å². The Kier molecular flexibility index (Phi) is 6.28. The first-order valence-electron chi connectivity index (χ1n) is 9.05. The highest BCUT2D eigenvalue weighted by Gasteiger charge is 2.43. The third-order valence-corrected chi connectivity index (χ3v) is 5.60. The molecule has 0 spiro atoms. The fourth-order valence-corrected chi connectivity index (χ4v) is 3.62. The number of nitrogens with one attached hydrogen (secondary N) is 3. The van der Waals surface area contributed by atoms with Crippen molar-refractivity contribution in [1.82, 2.24) is 16.0 Å². The molecule has 1 fully saturated rings. The summed E-state index contributed by atoms with van der Waals surface area (Å²) < 4.78 is 0. The topological polar surface area (TPSA) is 65.5 Å². The summed E-state index contributed by atoms with van der Waals surface area (Å²) in [7, 11) is 1.79. The number of nitrogens with zero attached hydrogens (tertiary/aromatic N) is 1. The summed E-state index contributed by atoms with van der Waals surface area (Å²) in [5, 5.41) is 11.6. The number of benzene rings is 1. The lowest BCUT2D eigenvalue weighted by molar-refractivity contribution is 0.0957. The molecule has 0 atom stereocenters. The van der Waals surface area contributed by atoms with Gasteiger partial charge in [0.05, 0.1) is 4.88 Å². The van der Waals surface area contributed by atoms with Gasteiger partial charge in [-0.3, -0.25) is 9.79 Å². The van der Waals surface area contributed by atoms with E-state index in [2.05, 4.69) is 51.3 Å². The van der Waals surface area contributed by atoms with E-state index >= 15 is 0 Å². The molecule has 6 heteroatoms. The summed E-state index contributed by atoms with van der Waals surface area (Å²) in [5.41, 5.74) is 1.66. The summed E-state index contributed by atoms with van der Waals surface area (Å²) in [6.45, 7) is 2.31. The van der Waals surface area contributed by atoms with Crippen LogP contribution in [0.3, 0.4) is 0 Å². The Hall–Kier alpha value is -2.34. The number of amides is 1. The molecule has 1 amide bonds. The summed E-state index contributed by atoms with van der Waals surface area (Å²) in [6.07, 6.45) is 3.28. The van der Waals surface area contributed by atoms with Gasteiger partial charge in [-0.15, -0.1) is 11.3 Å².